The lowest BCUT2D eigenvalue weighted by molar-refractivity contribution is 0.0138. The molecule has 0 radical (unpaired) electrons. The van der Waals surface area contributed by atoms with E-state index >= 15 is 0 Å². The summed E-state index contributed by atoms with van der Waals surface area (Å²) < 4.78 is 0. The zero-order valence-electron chi connectivity index (χ0n) is 12.1. The van der Waals surface area contributed by atoms with Crippen molar-refractivity contribution in [1.82, 2.24) is 0 Å². The van der Waals surface area contributed by atoms with Crippen LogP contribution < -0.4 is 0 Å². The number of aliphatic hydroxyl groups is 1. The van der Waals surface area contributed by atoms with Crippen LogP contribution >= 0.6 is 0 Å². The van der Waals surface area contributed by atoms with E-state index in [0.29, 0.717) is 5.92 Å². The Labute approximate surface area is 107 Å². The maximum Gasteiger partial charge on any atom is 0.0571 e. The van der Waals surface area contributed by atoms with Crippen LogP contribution in [0.4, 0.5) is 0 Å². The molecule has 1 N–H and O–H groups in total. The molecule has 1 aliphatic rings. The van der Waals surface area contributed by atoms with Crippen LogP contribution in [0.5, 0.6) is 0 Å². The molecule has 0 bridgehead atoms. The Bertz CT molecular complexity index is 307. The van der Waals surface area contributed by atoms with Gasteiger partial charge in [0.05, 0.1) is 6.10 Å². The molecule has 0 spiro atoms. The molecule has 17 heavy (non-hydrogen) atoms. The number of hydrogen-bond acceptors (Lipinski definition) is 1. The lowest BCUT2D eigenvalue weighted by Crippen LogP contribution is -2.37. The minimum absolute atomic E-state index is 0.0695. The highest BCUT2D eigenvalue weighted by atomic mass is 16.3. The van der Waals surface area contributed by atoms with Gasteiger partial charge in [0.25, 0.3) is 0 Å². The summed E-state index contributed by atoms with van der Waals surface area (Å²) in [6.45, 7) is 10.7. The molecular weight excluding hydrogens is 208 g/mol. The minimum atomic E-state index is -0.215. The SMILES string of the molecule is CC(C)=CCCC1=C[C@@H](C)[C@](C)([C@@H](C)O)CC1. The van der Waals surface area contributed by atoms with Crippen molar-refractivity contribution in [2.75, 3.05) is 0 Å². The molecule has 1 rings (SSSR count). The zero-order valence-corrected chi connectivity index (χ0v) is 12.1. The Balaban J connectivity index is 2.60. The van der Waals surface area contributed by atoms with Gasteiger partial charge in [0.1, 0.15) is 0 Å². The first-order chi connectivity index (χ1) is 7.86. The summed E-state index contributed by atoms with van der Waals surface area (Å²) in [6, 6.07) is 0. The normalized spacial score (nSPS) is 30.7. The van der Waals surface area contributed by atoms with Gasteiger partial charge in [-0.2, -0.15) is 0 Å². The van der Waals surface area contributed by atoms with Crippen molar-refractivity contribution in [1.29, 1.82) is 0 Å². The molecular formula is C16H28O. The van der Waals surface area contributed by atoms with E-state index in [4.69, 9.17) is 0 Å². The molecule has 0 aliphatic heterocycles. The van der Waals surface area contributed by atoms with Crippen molar-refractivity contribution < 1.29 is 5.11 Å². The Morgan fingerprint density at radius 1 is 1.59 bits per heavy atom. The molecule has 0 saturated carbocycles. The van der Waals surface area contributed by atoms with Gasteiger partial charge < -0.3 is 5.11 Å². The molecule has 0 aromatic heterocycles. The highest BCUT2D eigenvalue weighted by Gasteiger charge is 2.37. The van der Waals surface area contributed by atoms with Crippen molar-refractivity contribution in [3.05, 3.63) is 23.3 Å². The number of rotatable bonds is 4. The molecule has 0 aromatic carbocycles. The summed E-state index contributed by atoms with van der Waals surface area (Å²) in [6.07, 6.45) is 9.11. The molecule has 3 atom stereocenters. The van der Waals surface area contributed by atoms with Crippen molar-refractivity contribution >= 4 is 0 Å². The van der Waals surface area contributed by atoms with Crippen molar-refractivity contribution in [2.45, 2.75) is 66.4 Å². The number of hydrogen-bond donors (Lipinski definition) is 1. The standard InChI is InChI=1S/C16H28O/c1-12(2)7-6-8-15-9-10-16(5,14(4)17)13(3)11-15/h7,11,13-14,17H,6,8-10H2,1-5H3/t13-,14-,16-/m1/s1. The van der Waals surface area contributed by atoms with E-state index < -0.39 is 0 Å². The van der Waals surface area contributed by atoms with Crippen LogP contribution in [0.3, 0.4) is 0 Å². The van der Waals surface area contributed by atoms with E-state index in [9.17, 15) is 5.11 Å². The predicted octanol–water partition coefficient (Wildman–Crippen LogP) is 4.48. The van der Waals surface area contributed by atoms with Gasteiger partial charge in [-0.3, -0.25) is 0 Å². The first-order valence-corrected chi connectivity index (χ1v) is 6.87. The highest BCUT2D eigenvalue weighted by Crippen LogP contribution is 2.43. The fourth-order valence-corrected chi connectivity index (χ4v) is 2.63. The summed E-state index contributed by atoms with van der Waals surface area (Å²) in [4.78, 5) is 0. The van der Waals surface area contributed by atoms with Gasteiger partial charge in [-0.25, -0.2) is 0 Å². The van der Waals surface area contributed by atoms with Crippen LogP contribution in [0.25, 0.3) is 0 Å². The highest BCUT2D eigenvalue weighted by molar-refractivity contribution is 5.14. The van der Waals surface area contributed by atoms with E-state index in [-0.39, 0.29) is 11.5 Å². The lowest BCUT2D eigenvalue weighted by Gasteiger charge is -2.41. The molecule has 0 unspecified atom stereocenters. The first kappa shape index (κ1) is 14.5. The Hall–Kier alpha value is -0.560. The largest absolute Gasteiger partial charge is 0.393 e. The molecule has 0 heterocycles. The van der Waals surface area contributed by atoms with Crippen molar-refractivity contribution in [3.63, 3.8) is 0 Å². The summed E-state index contributed by atoms with van der Waals surface area (Å²) in [7, 11) is 0. The molecule has 1 aliphatic carbocycles. The maximum atomic E-state index is 9.90. The molecule has 0 amide bonds. The van der Waals surface area contributed by atoms with Gasteiger partial charge in [-0.15, -0.1) is 0 Å². The van der Waals surface area contributed by atoms with E-state index in [1.165, 1.54) is 12.0 Å². The summed E-state index contributed by atoms with van der Waals surface area (Å²) in [5.74, 6) is 0.484. The third-order valence-corrected chi connectivity index (χ3v) is 4.48. The minimum Gasteiger partial charge on any atom is -0.393 e. The van der Waals surface area contributed by atoms with Crippen LogP contribution in [-0.2, 0) is 0 Å². The molecule has 0 fully saturated rings. The second-order valence-electron chi connectivity index (χ2n) is 6.12. The van der Waals surface area contributed by atoms with Gasteiger partial charge in [-0.1, -0.05) is 37.1 Å². The quantitative estimate of drug-likeness (QED) is 0.714. The van der Waals surface area contributed by atoms with Gasteiger partial charge in [0.2, 0.25) is 0 Å². The molecule has 0 aromatic rings. The fourth-order valence-electron chi connectivity index (χ4n) is 2.63. The Morgan fingerprint density at radius 2 is 2.24 bits per heavy atom. The molecule has 1 heteroatoms. The average Bonchev–Trinajstić information content (AvgIpc) is 2.22. The topological polar surface area (TPSA) is 20.2 Å². The molecule has 98 valence electrons. The van der Waals surface area contributed by atoms with Gasteiger partial charge in [-0.05, 0) is 57.8 Å². The summed E-state index contributed by atoms with van der Waals surface area (Å²) in [5, 5.41) is 9.90. The predicted molar refractivity (Wildman–Crippen MR) is 74.9 cm³/mol. The van der Waals surface area contributed by atoms with Crippen LogP contribution in [0.15, 0.2) is 23.3 Å². The van der Waals surface area contributed by atoms with Crippen molar-refractivity contribution in [3.8, 4) is 0 Å². The van der Waals surface area contributed by atoms with Crippen LogP contribution in [-0.4, -0.2) is 11.2 Å². The van der Waals surface area contributed by atoms with E-state index in [1.54, 1.807) is 5.57 Å². The van der Waals surface area contributed by atoms with E-state index in [0.717, 1.165) is 19.3 Å². The van der Waals surface area contributed by atoms with Crippen LogP contribution in [0.2, 0.25) is 0 Å². The average molecular weight is 236 g/mol. The second kappa shape index (κ2) is 5.86. The third-order valence-electron chi connectivity index (χ3n) is 4.48. The summed E-state index contributed by atoms with van der Waals surface area (Å²) in [5.41, 5.74) is 3.05. The monoisotopic (exact) mass is 236 g/mol. The van der Waals surface area contributed by atoms with Gasteiger partial charge in [0.15, 0.2) is 0 Å². The maximum absolute atomic E-state index is 9.90. The Kier molecular flexibility index (Phi) is 5.00. The van der Waals surface area contributed by atoms with Crippen molar-refractivity contribution in [2.24, 2.45) is 11.3 Å². The van der Waals surface area contributed by atoms with Crippen LogP contribution in [0, 0.1) is 11.3 Å². The van der Waals surface area contributed by atoms with Gasteiger partial charge in [0, 0.05) is 0 Å². The van der Waals surface area contributed by atoms with Crippen LogP contribution in [0.1, 0.15) is 60.3 Å². The van der Waals surface area contributed by atoms with E-state index in [2.05, 4.69) is 39.8 Å². The molecule has 1 nitrogen and oxygen atoms in total. The number of allylic oxidation sites excluding steroid dienone is 4. The Morgan fingerprint density at radius 3 is 2.71 bits per heavy atom. The van der Waals surface area contributed by atoms with E-state index in [1.807, 2.05) is 6.92 Å². The third kappa shape index (κ3) is 3.70. The summed E-state index contributed by atoms with van der Waals surface area (Å²) >= 11 is 0. The van der Waals surface area contributed by atoms with Gasteiger partial charge >= 0.3 is 0 Å². The fraction of sp³-hybridized carbons (Fsp3) is 0.750. The lowest BCUT2D eigenvalue weighted by atomic mass is 9.66. The second-order valence-corrected chi connectivity index (χ2v) is 6.12. The first-order valence-electron chi connectivity index (χ1n) is 6.87. The zero-order chi connectivity index (χ0) is 13.1. The molecule has 0 saturated heterocycles. The smallest absolute Gasteiger partial charge is 0.0571 e. The number of aliphatic hydroxyl groups excluding tert-OH is 1.